The molecule has 0 aliphatic carbocycles. The van der Waals surface area contributed by atoms with Crippen LogP contribution in [0.25, 0.3) is 6.08 Å². The van der Waals surface area contributed by atoms with Gasteiger partial charge in [-0.15, -0.1) is 0 Å². The Morgan fingerprint density at radius 3 is 2.60 bits per heavy atom. The highest BCUT2D eigenvalue weighted by Gasteiger charge is 2.24. The van der Waals surface area contributed by atoms with Crippen LogP contribution in [0.5, 0.6) is 17.2 Å². The Kier molecular flexibility index (Phi) is 7.94. The first-order chi connectivity index (χ1) is 17.0. The second-order valence-electron chi connectivity index (χ2n) is 7.32. The molecule has 180 valence electrons. The number of aliphatic imine (C=N–C) groups is 1. The number of nitrogens with one attached hydrogen (secondary N) is 1. The number of benzene rings is 3. The van der Waals surface area contributed by atoms with Crippen molar-refractivity contribution in [3.63, 3.8) is 0 Å². The molecule has 9 heteroatoms. The topological polar surface area (TPSA) is 69.2 Å². The zero-order valence-corrected chi connectivity index (χ0v) is 20.6. The first-order valence-corrected chi connectivity index (χ1v) is 11.9. The second-order valence-corrected chi connectivity index (χ2v) is 8.76. The molecule has 3 aromatic carbocycles. The molecule has 0 saturated carbocycles. The molecule has 4 rings (SSSR count). The van der Waals surface area contributed by atoms with Gasteiger partial charge in [-0.25, -0.2) is 9.38 Å². The molecule has 0 unspecified atom stereocenters. The van der Waals surface area contributed by atoms with Gasteiger partial charge in [0.1, 0.15) is 18.2 Å². The van der Waals surface area contributed by atoms with E-state index in [4.69, 9.17) is 25.8 Å². The first kappa shape index (κ1) is 24.6. The van der Waals surface area contributed by atoms with Crippen LogP contribution in [0.15, 0.2) is 70.6 Å². The summed E-state index contributed by atoms with van der Waals surface area (Å²) < 4.78 is 30.6. The van der Waals surface area contributed by atoms with Crippen LogP contribution < -0.4 is 19.5 Å². The van der Waals surface area contributed by atoms with Crippen molar-refractivity contribution in [1.82, 2.24) is 5.32 Å². The van der Waals surface area contributed by atoms with Crippen LogP contribution in [0.3, 0.4) is 0 Å². The monoisotopic (exact) mass is 512 g/mol. The molecule has 0 atom stereocenters. The quantitative estimate of drug-likeness (QED) is 0.356. The number of amidine groups is 1. The van der Waals surface area contributed by atoms with Crippen molar-refractivity contribution in [3.8, 4) is 17.2 Å². The summed E-state index contributed by atoms with van der Waals surface area (Å²) in [6.07, 6.45) is 1.70. The molecule has 1 saturated heterocycles. The summed E-state index contributed by atoms with van der Waals surface area (Å²) in [5, 5.41) is 3.51. The minimum Gasteiger partial charge on any atom is -0.497 e. The number of amides is 1. The van der Waals surface area contributed by atoms with E-state index in [0.29, 0.717) is 45.0 Å². The summed E-state index contributed by atoms with van der Waals surface area (Å²) in [6.45, 7) is 2.21. The summed E-state index contributed by atoms with van der Waals surface area (Å²) in [5.74, 6) is 0.805. The lowest BCUT2D eigenvalue weighted by Gasteiger charge is -2.15. The number of ether oxygens (including phenoxy) is 3. The summed E-state index contributed by atoms with van der Waals surface area (Å²) in [6, 6.07) is 16.9. The SMILES string of the molecule is CCOc1cc(/C=C2/SC(=Nc3ccc(OC)cc3)NC2=O)cc(Cl)c1OCc1ccccc1F. The lowest BCUT2D eigenvalue weighted by Crippen LogP contribution is -2.19. The van der Waals surface area contributed by atoms with Crippen LogP contribution >= 0.6 is 23.4 Å². The fraction of sp³-hybridized carbons (Fsp3) is 0.154. The average molecular weight is 513 g/mol. The minimum atomic E-state index is -0.362. The Labute approximate surface area is 211 Å². The molecule has 0 spiro atoms. The van der Waals surface area contributed by atoms with Gasteiger partial charge in [-0.05, 0) is 72.8 Å². The molecular weight excluding hydrogens is 491 g/mol. The maximum absolute atomic E-state index is 14.0. The number of nitrogens with zero attached hydrogens (tertiary/aromatic N) is 1. The number of hydrogen-bond acceptors (Lipinski definition) is 6. The molecule has 1 N–H and O–H groups in total. The summed E-state index contributed by atoms with van der Waals surface area (Å²) >= 11 is 7.71. The fourth-order valence-electron chi connectivity index (χ4n) is 3.25. The smallest absolute Gasteiger partial charge is 0.264 e. The van der Waals surface area contributed by atoms with Crippen molar-refractivity contribution in [2.24, 2.45) is 4.99 Å². The Morgan fingerprint density at radius 1 is 1.11 bits per heavy atom. The van der Waals surface area contributed by atoms with Crippen LogP contribution in [0.4, 0.5) is 10.1 Å². The molecule has 1 fully saturated rings. The van der Waals surface area contributed by atoms with Crippen molar-refractivity contribution in [1.29, 1.82) is 0 Å². The molecule has 0 bridgehead atoms. The molecule has 1 aliphatic rings. The Morgan fingerprint density at radius 2 is 1.89 bits per heavy atom. The molecule has 1 heterocycles. The lowest BCUT2D eigenvalue weighted by atomic mass is 10.1. The number of thioether (sulfide) groups is 1. The molecule has 0 aromatic heterocycles. The number of rotatable bonds is 8. The third-order valence-corrected chi connectivity index (χ3v) is 6.10. The minimum absolute atomic E-state index is 0.00363. The normalized spacial score (nSPS) is 15.4. The van der Waals surface area contributed by atoms with Gasteiger partial charge < -0.3 is 19.5 Å². The van der Waals surface area contributed by atoms with Gasteiger partial charge in [0.25, 0.3) is 5.91 Å². The molecule has 3 aromatic rings. The molecular formula is C26H22ClFN2O4S. The van der Waals surface area contributed by atoms with Crippen LogP contribution in [0, 0.1) is 5.82 Å². The van der Waals surface area contributed by atoms with Crippen molar-refractivity contribution < 1.29 is 23.4 Å². The summed E-state index contributed by atoms with van der Waals surface area (Å²) in [4.78, 5) is 17.4. The number of carbonyl (C=O) groups excluding carboxylic acids is 1. The van der Waals surface area contributed by atoms with Gasteiger partial charge in [0.2, 0.25) is 0 Å². The van der Waals surface area contributed by atoms with E-state index < -0.39 is 0 Å². The van der Waals surface area contributed by atoms with E-state index in [0.717, 1.165) is 5.75 Å². The second kappa shape index (κ2) is 11.3. The molecule has 0 radical (unpaired) electrons. The highest BCUT2D eigenvalue weighted by atomic mass is 35.5. The van der Waals surface area contributed by atoms with E-state index >= 15 is 0 Å². The zero-order chi connectivity index (χ0) is 24.8. The Balaban J connectivity index is 1.55. The van der Waals surface area contributed by atoms with Gasteiger partial charge in [-0.3, -0.25) is 4.79 Å². The maximum atomic E-state index is 14.0. The van der Waals surface area contributed by atoms with Crippen molar-refractivity contribution in [3.05, 3.63) is 87.5 Å². The molecule has 1 amide bonds. The van der Waals surface area contributed by atoms with Gasteiger partial charge >= 0.3 is 0 Å². The number of halogens is 2. The number of hydrogen-bond donors (Lipinski definition) is 1. The van der Waals surface area contributed by atoms with Gasteiger partial charge in [0.15, 0.2) is 16.7 Å². The highest BCUT2D eigenvalue weighted by molar-refractivity contribution is 8.18. The lowest BCUT2D eigenvalue weighted by molar-refractivity contribution is -0.115. The zero-order valence-electron chi connectivity index (χ0n) is 19.0. The van der Waals surface area contributed by atoms with Gasteiger partial charge in [-0.2, -0.15) is 0 Å². The predicted octanol–water partition coefficient (Wildman–Crippen LogP) is 6.36. The molecule has 35 heavy (non-hydrogen) atoms. The van der Waals surface area contributed by atoms with Crippen LogP contribution in [0.2, 0.25) is 5.02 Å². The number of carbonyl (C=O) groups is 1. The Bertz CT molecular complexity index is 1300. The van der Waals surface area contributed by atoms with Crippen molar-refractivity contribution in [2.45, 2.75) is 13.5 Å². The van der Waals surface area contributed by atoms with Crippen LogP contribution in [0.1, 0.15) is 18.1 Å². The fourth-order valence-corrected chi connectivity index (χ4v) is 4.36. The van der Waals surface area contributed by atoms with Crippen molar-refractivity contribution in [2.75, 3.05) is 13.7 Å². The maximum Gasteiger partial charge on any atom is 0.264 e. The van der Waals surface area contributed by atoms with Crippen LogP contribution in [-0.2, 0) is 11.4 Å². The van der Waals surface area contributed by atoms with Gasteiger partial charge in [0.05, 0.1) is 29.3 Å². The van der Waals surface area contributed by atoms with Crippen LogP contribution in [-0.4, -0.2) is 24.8 Å². The molecule has 6 nitrogen and oxygen atoms in total. The van der Waals surface area contributed by atoms with E-state index in [9.17, 15) is 9.18 Å². The highest BCUT2D eigenvalue weighted by Crippen LogP contribution is 2.39. The average Bonchev–Trinajstić information content (AvgIpc) is 3.18. The summed E-state index contributed by atoms with van der Waals surface area (Å²) in [7, 11) is 1.59. The first-order valence-electron chi connectivity index (χ1n) is 10.7. The largest absolute Gasteiger partial charge is 0.497 e. The van der Waals surface area contributed by atoms with E-state index in [1.807, 2.05) is 6.92 Å². The third kappa shape index (κ3) is 6.15. The summed E-state index contributed by atoms with van der Waals surface area (Å²) in [5.41, 5.74) is 1.74. The van der Waals surface area contributed by atoms with E-state index in [-0.39, 0.29) is 23.4 Å². The van der Waals surface area contributed by atoms with Crippen molar-refractivity contribution >= 4 is 46.2 Å². The third-order valence-electron chi connectivity index (χ3n) is 4.91. The number of methoxy groups -OCH3 is 1. The predicted molar refractivity (Wildman–Crippen MR) is 137 cm³/mol. The molecule has 1 aliphatic heterocycles. The van der Waals surface area contributed by atoms with E-state index in [1.165, 1.54) is 17.8 Å². The van der Waals surface area contributed by atoms with E-state index in [1.54, 1.807) is 67.8 Å². The Hall–Kier alpha value is -3.49. The van der Waals surface area contributed by atoms with Gasteiger partial charge in [0, 0.05) is 5.56 Å². The van der Waals surface area contributed by atoms with Gasteiger partial charge in [-0.1, -0.05) is 29.8 Å². The standard InChI is InChI=1S/C26H22ClFN2O4S/c1-3-33-22-13-16(12-20(27)24(22)34-15-17-6-4-5-7-21(17)28)14-23-25(31)30-26(35-23)29-18-8-10-19(32-2)11-9-18/h4-14H,3,15H2,1-2H3,(H,29,30,31)/b23-14+. The van der Waals surface area contributed by atoms with E-state index in [2.05, 4.69) is 10.3 Å².